The summed E-state index contributed by atoms with van der Waals surface area (Å²) in [6.45, 7) is 2.15. The van der Waals surface area contributed by atoms with Gasteiger partial charge in [0.25, 0.3) is 0 Å². The standard InChI is InChI=1S/C14H15ClFNO3S2/c1-2-11-4-6-14(21-11)22(18,19)17-7-8-20-13-5-3-10(16)9-12(13)15/h3-6,9,17H,2,7-8H2,1H3. The Morgan fingerprint density at radius 2 is 2.09 bits per heavy atom. The van der Waals surface area contributed by atoms with E-state index in [1.54, 1.807) is 12.1 Å². The van der Waals surface area contributed by atoms with Crippen molar-refractivity contribution in [2.75, 3.05) is 13.2 Å². The fourth-order valence-electron chi connectivity index (χ4n) is 1.69. The molecule has 0 aliphatic rings. The summed E-state index contributed by atoms with van der Waals surface area (Å²) in [5, 5.41) is 0.147. The van der Waals surface area contributed by atoms with Crippen LogP contribution in [0.5, 0.6) is 5.75 Å². The molecule has 0 aliphatic carbocycles. The van der Waals surface area contributed by atoms with Crippen LogP contribution in [0.15, 0.2) is 34.5 Å². The lowest BCUT2D eigenvalue weighted by atomic mass is 10.3. The number of sulfonamides is 1. The fraction of sp³-hybridized carbons (Fsp3) is 0.286. The smallest absolute Gasteiger partial charge is 0.250 e. The number of rotatable bonds is 7. The molecule has 0 spiro atoms. The first kappa shape index (κ1) is 17.2. The Hall–Kier alpha value is -1.15. The lowest BCUT2D eigenvalue weighted by Crippen LogP contribution is -2.27. The van der Waals surface area contributed by atoms with Gasteiger partial charge in [-0.05, 0) is 36.8 Å². The molecular formula is C14H15ClFNO3S2. The molecule has 4 nitrogen and oxygen atoms in total. The summed E-state index contributed by atoms with van der Waals surface area (Å²) in [5.74, 6) is -0.144. The van der Waals surface area contributed by atoms with Crippen LogP contribution in [0.25, 0.3) is 0 Å². The molecule has 0 saturated carbocycles. The highest BCUT2D eigenvalue weighted by Crippen LogP contribution is 2.25. The van der Waals surface area contributed by atoms with Gasteiger partial charge in [0, 0.05) is 11.4 Å². The van der Waals surface area contributed by atoms with Crippen LogP contribution in [0.4, 0.5) is 4.39 Å². The molecule has 0 unspecified atom stereocenters. The number of hydrogen-bond donors (Lipinski definition) is 1. The van der Waals surface area contributed by atoms with Crippen molar-refractivity contribution < 1.29 is 17.5 Å². The zero-order valence-corrected chi connectivity index (χ0v) is 14.2. The Morgan fingerprint density at radius 1 is 1.32 bits per heavy atom. The summed E-state index contributed by atoms with van der Waals surface area (Å²) in [4.78, 5) is 1.01. The van der Waals surface area contributed by atoms with Crippen molar-refractivity contribution >= 4 is 33.0 Å². The third kappa shape index (κ3) is 4.42. The van der Waals surface area contributed by atoms with Crippen molar-refractivity contribution in [3.05, 3.63) is 46.0 Å². The Morgan fingerprint density at radius 3 is 2.73 bits per heavy atom. The number of aryl methyl sites for hydroxylation is 1. The van der Waals surface area contributed by atoms with E-state index in [4.69, 9.17) is 16.3 Å². The Kier molecular flexibility index (Phi) is 5.80. The highest BCUT2D eigenvalue weighted by molar-refractivity contribution is 7.91. The van der Waals surface area contributed by atoms with Crippen LogP contribution in [0.2, 0.25) is 5.02 Å². The molecule has 22 heavy (non-hydrogen) atoms. The summed E-state index contributed by atoms with van der Waals surface area (Å²) < 4.78 is 45.0. The summed E-state index contributed by atoms with van der Waals surface area (Å²) in [6.07, 6.45) is 0.798. The van der Waals surface area contributed by atoms with Crippen LogP contribution < -0.4 is 9.46 Å². The van der Waals surface area contributed by atoms with Gasteiger partial charge in [-0.15, -0.1) is 11.3 Å². The van der Waals surface area contributed by atoms with Crippen molar-refractivity contribution in [1.82, 2.24) is 4.72 Å². The van der Waals surface area contributed by atoms with Crippen molar-refractivity contribution in [3.63, 3.8) is 0 Å². The molecule has 0 radical (unpaired) electrons. The number of nitrogens with one attached hydrogen (secondary N) is 1. The van der Waals surface area contributed by atoms with Crippen LogP contribution in [0.3, 0.4) is 0 Å². The van der Waals surface area contributed by atoms with E-state index >= 15 is 0 Å². The third-order valence-corrected chi connectivity index (χ3v) is 6.27. The highest BCUT2D eigenvalue weighted by atomic mass is 35.5. The van der Waals surface area contributed by atoms with Crippen LogP contribution in [0.1, 0.15) is 11.8 Å². The fourth-order valence-corrected chi connectivity index (χ4v) is 4.27. The first-order chi connectivity index (χ1) is 10.4. The maximum absolute atomic E-state index is 12.9. The van der Waals surface area contributed by atoms with Crippen LogP contribution in [-0.4, -0.2) is 21.6 Å². The van der Waals surface area contributed by atoms with E-state index in [0.29, 0.717) is 5.75 Å². The first-order valence-corrected chi connectivity index (χ1v) is 9.26. The van der Waals surface area contributed by atoms with Gasteiger partial charge < -0.3 is 4.74 Å². The molecule has 0 amide bonds. The number of thiophene rings is 1. The Balaban J connectivity index is 1.87. The monoisotopic (exact) mass is 363 g/mol. The summed E-state index contributed by atoms with van der Waals surface area (Å²) in [6, 6.07) is 7.15. The average molecular weight is 364 g/mol. The number of benzene rings is 1. The van der Waals surface area contributed by atoms with E-state index in [1.807, 2.05) is 6.92 Å². The molecule has 1 heterocycles. The summed E-state index contributed by atoms with van der Waals surface area (Å²) in [5.41, 5.74) is 0. The third-order valence-electron chi connectivity index (χ3n) is 2.80. The highest BCUT2D eigenvalue weighted by Gasteiger charge is 2.16. The topological polar surface area (TPSA) is 55.4 Å². The summed E-state index contributed by atoms with van der Waals surface area (Å²) in [7, 11) is -3.53. The maximum Gasteiger partial charge on any atom is 0.250 e. The van der Waals surface area contributed by atoms with Gasteiger partial charge in [0.2, 0.25) is 10.0 Å². The maximum atomic E-state index is 12.9. The molecule has 8 heteroatoms. The van der Waals surface area contributed by atoms with Crippen molar-refractivity contribution in [2.24, 2.45) is 0 Å². The minimum absolute atomic E-state index is 0.0927. The van der Waals surface area contributed by atoms with Gasteiger partial charge in [0.1, 0.15) is 22.4 Å². The SMILES string of the molecule is CCc1ccc(S(=O)(=O)NCCOc2ccc(F)cc2Cl)s1. The van der Waals surface area contributed by atoms with Crippen LogP contribution in [0, 0.1) is 5.82 Å². The lowest BCUT2D eigenvalue weighted by molar-refractivity contribution is 0.322. The van der Waals surface area contributed by atoms with E-state index in [2.05, 4.69) is 4.72 Å². The first-order valence-electron chi connectivity index (χ1n) is 6.58. The molecule has 2 rings (SSSR count). The molecule has 0 fully saturated rings. The van der Waals surface area contributed by atoms with Gasteiger partial charge in [-0.1, -0.05) is 18.5 Å². The molecule has 0 atom stereocenters. The number of halogens is 2. The molecule has 1 aromatic heterocycles. The minimum atomic E-state index is -3.53. The van der Waals surface area contributed by atoms with Crippen molar-refractivity contribution in [3.8, 4) is 5.75 Å². The van der Waals surface area contributed by atoms with E-state index in [0.717, 1.165) is 17.4 Å². The van der Waals surface area contributed by atoms with Crippen molar-refractivity contribution in [1.29, 1.82) is 0 Å². The van der Waals surface area contributed by atoms with E-state index in [9.17, 15) is 12.8 Å². The van der Waals surface area contributed by atoms with Gasteiger partial charge in [-0.25, -0.2) is 17.5 Å². The van der Waals surface area contributed by atoms with Gasteiger partial charge in [0.15, 0.2) is 0 Å². The average Bonchev–Trinajstić information content (AvgIpc) is 2.95. The van der Waals surface area contributed by atoms with Crippen LogP contribution in [-0.2, 0) is 16.4 Å². The van der Waals surface area contributed by atoms with Crippen LogP contribution >= 0.6 is 22.9 Å². The predicted molar refractivity (Wildman–Crippen MR) is 85.8 cm³/mol. The zero-order chi connectivity index (χ0) is 16.2. The molecule has 120 valence electrons. The summed E-state index contributed by atoms with van der Waals surface area (Å²) >= 11 is 7.06. The van der Waals surface area contributed by atoms with Gasteiger partial charge in [-0.2, -0.15) is 0 Å². The zero-order valence-electron chi connectivity index (χ0n) is 11.8. The predicted octanol–water partition coefficient (Wildman–Crippen LogP) is 3.46. The molecular weight excluding hydrogens is 349 g/mol. The number of hydrogen-bond acceptors (Lipinski definition) is 4. The molecule has 2 aromatic rings. The minimum Gasteiger partial charge on any atom is -0.491 e. The van der Waals surface area contributed by atoms with Crippen molar-refractivity contribution in [2.45, 2.75) is 17.6 Å². The van der Waals surface area contributed by atoms with E-state index < -0.39 is 15.8 Å². The normalized spacial score (nSPS) is 11.6. The Labute approximate surface area is 137 Å². The second-order valence-electron chi connectivity index (χ2n) is 4.40. The largest absolute Gasteiger partial charge is 0.491 e. The van der Waals surface area contributed by atoms with Gasteiger partial charge in [-0.3, -0.25) is 0 Å². The molecule has 1 N–H and O–H groups in total. The lowest BCUT2D eigenvalue weighted by Gasteiger charge is -2.09. The Bertz CT molecular complexity index is 746. The molecule has 0 aliphatic heterocycles. The van der Waals surface area contributed by atoms with E-state index in [-0.39, 0.29) is 22.4 Å². The second kappa shape index (κ2) is 7.41. The quantitative estimate of drug-likeness (QED) is 0.766. The van der Waals surface area contributed by atoms with Gasteiger partial charge in [0.05, 0.1) is 5.02 Å². The van der Waals surface area contributed by atoms with E-state index in [1.165, 1.54) is 23.5 Å². The number of ether oxygens (including phenoxy) is 1. The molecule has 0 saturated heterocycles. The molecule has 0 bridgehead atoms. The van der Waals surface area contributed by atoms with Gasteiger partial charge >= 0.3 is 0 Å². The second-order valence-corrected chi connectivity index (χ2v) is 7.96. The molecule has 1 aromatic carbocycles.